The van der Waals surface area contributed by atoms with Crippen LogP contribution in [0.15, 0.2) is 48.5 Å². The Morgan fingerprint density at radius 2 is 1.70 bits per heavy atom. The molecule has 27 heavy (non-hydrogen) atoms. The summed E-state index contributed by atoms with van der Waals surface area (Å²) in [5, 5.41) is 10.8. The zero-order valence-electron chi connectivity index (χ0n) is 15.6. The average Bonchev–Trinajstić information content (AvgIpc) is 2.65. The number of nitrogens with zero attached hydrogens (tertiary/aromatic N) is 1. The number of hydrazine groups is 1. The van der Waals surface area contributed by atoms with Crippen molar-refractivity contribution in [3.63, 3.8) is 0 Å². The molecule has 0 aliphatic carbocycles. The lowest BCUT2D eigenvalue weighted by atomic mass is 9.96. The van der Waals surface area contributed by atoms with E-state index in [1.165, 1.54) is 23.8 Å². The Morgan fingerprint density at radius 3 is 2.30 bits per heavy atom. The van der Waals surface area contributed by atoms with Crippen LogP contribution in [0.3, 0.4) is 0 Å². The Kier molecular flexibility index (Phi) is 6.65. The van der Waals surface area contributed by atoms with Crippen LogP contribution >= 0.6 is 0 Å². The summed E-state index contributed by atoms with van der Waals surface area (Å²) in [6.45, 7) is 6.04. The largest absolute Gasteiger partial charge is 0.273 e. The van der Waals surface area contributed by atoms with Crippen molar-refractivity contribution in [2.75, 3.05) is 0 Å². The minimum Gasteiger partial charge on any atom is -0.273 e. The van der Waals surface area contributed by atoms with E-state index in [-0.39, 0.29) is 17.2 Å². The van der Waals surface area contributed by atoms with Gasteiger partial charge in [-0.3, -0.25) is 30.6 Å². The molecular weight excluding hydrogens is 346 g/mol. The Balaban J connectivity index is 1.95. The van der Waals surface area contributed by atoms with Gasteiger partial charge in [0.1, 0.15) is 0 Å². The van der Waals surface area contributed by atoms with E-state index in [1.54, 1.807) is 6.92 Å². The molecule has 0 spiro atoms. The van der Waals surface area contributed by atoms with E-state index in [0.717, 1.165) is 18.1 Å². The zero-order valence-corrected chi connectivity index (χ0v) is 15.6. The molecule has 2 aromatic rings. The molecule has 0 aliphatic heterocycles. The highest BCUT2D eigenvalue weighted by Crippen LogP contribution is 2.18. The molecule has 7 heteroatoms. The summed E-state index contributed by atoms with van der Waals surface area (Å²) in [5.74, 6) is -0.888. The summed E-state index contributed by atoms with van der Waals surface area (Å²) in [4.78, 5) is 34.6. The van der Waals surface area contributed by atoms with Crippen LogP contribution in [0.4, 0.5) is 5.69 Å². The smallest absolute Gasteiger partial charge is 0.270 e. The lowest BCUT2D eigenvalue weighted by molar-refractivity contribution is -0.384. The minimum atomic E-state index is -0.619. The third kappa shape index (κ3) is 5.64. The Hall–Kier alpha value is -3.22. The topological polar surface area (TPSA) is 101 Å². The fourth-order valence-electron chi connectivity index (χ4n) is 2.62. The first kappa shape index (κ1) is 20.1. The van der Waals surface area contributed by atoms with Crippen LogP contribution in [0.2, 0.25) is 0 Å². The van der Waals surface area contributed by atoms with Gasteiger partial charge in [0.25, 0.3) is 11.6 Å². The molecule has 0 aromatic heterocycles. The van der Waals surface area contributed by atoms with Crippen molar-refractivity contribution in [2.45, 2.75) is 33.1 Å². The van der Waals surface area contributed by atoms with Crippen LogP contribution in [-0.2, 0) is 11.2 Å². The summed E-state index contributed by atoms with van der Waals surface area (Å²) < 4.78 is 0. The third-order valence-corrected chi connectivity index (χ3v) is 4.14. The summed E-state index contributed by atoms with van der Waals surface area (Å²) in [6, 6.07) is 13.1. The predicted molar refractivity (Wildman–Crippen MR) is 102 cm³/mol. The molecule has 142 valence electrons. The SMILES string of the molecule is CC(C)Cc1ccc(C(C)C(=O)NNC(=O)c2cccc([N+](=O)[O-])c2)cc1. The zero-order chi connectivity index (χ0) is 20.0. The summed E-state index contributed by atoms with van der Waals surface area (Å²) >= 11 is 0. The average molecular weight is 369 g/mol. The van der Waals surface area contributed by atoms with Crippen molar-refractivity contribution in [1.82, 2.24) is 10.9 Å². The Morgan fingerprint density at radius 1 is 1.04 bits per heavy atom. The highest BCUT2D eigenvalue weighted by molar-refractivity contribution is 5.96. The van der Waals surface area contributed by atoms with Gasteiger partial charge >= 0.3 is 0 Å². The second kappa shape index (κ2) is 8.93. The van der Waals surface area contributed by atoms with Crippen LogP contribution in [0, 0.1) is 16.0 Å². The second-order valence-electron chi connectivity index (χ2n) is 6.81. The fourth-order valence-corrected chi connectivity index (χ4v) is 2.62. The van der Waals surface area contributed by atoms with Crippen molar-refractivity contribution in [3.8, 4) is 0 Å². The fraction of sp³-hybridized carbons (Fsp3) is 0.300. The standard InChI is InChI=1S/C20H23N3O4/c1-13(2)11-15-7-9-16(10-8-15)14(3)19(24)21-22-20(25)17-5-4-6-18(12-17)23(26)27/h4-10,12-14H,11H2,1-3H3,(H,21,24)(H,22,25). The minimum absolute atomic E-state index is 0.0928. The van der Waals surface area contributed by atoms with Gasteiger partial charge in [-0.25, -0.2) is 0 Å². The van der Waals surface area contributed by atoms with Gasteiger partial charge in [0.15, 0.2) is 0 Å². The Labute approximate surface area is 157 Å². The van der Waals surface area contributed by atoms with Crippen molar-refractivity contribution < 1.29 is 14.5 Å². The number of benzene rings is 2. The molecule has 0 heterocycles. The monoisotopic (exact) mass is 369 g/mol. The maximum absolute atomic E-state index is 12.3. The highest BCUT2D eigenvalue weighted by atomic mass is 16.6. The predicted octanol–water partition coefficient (Wildman–Crippen LogP) is 3.36. The molecule has 0 fully saturated rings. The molecule has 7 nitrogen and oxygen atoms in total. The number of nitrogens with one attached hydrogen (secondary N) is 2. The van der Waals surface area contributed by atoms with Crippen LogP contribution in [0.5, 0.6) is 0 Å². The van der Waals surface area contributed by atoms with E-state index in [2.05, 4.69) is 24.7 Å². The summed E-state index contributed by atoms with van der Waals surface area (Å²) in [7, 11) is 0. The lowest BCUT2D eigenvalue weighted by Gasteiger charge is -2.14. The molecular formula is C20H23N3O4. The molecule has 0 aliphatic rings. The maximum atomic E-state index is 12.3. The van der Waals surface area contributed by atoms with Gasteiger partial charge < -0.3 is 0 Å². The first-order chi connectivity index (χ1) is 12.8. The number of carbonyl (C=O) groups is 2. The van der Waals surface area contributed by atoms with Crippen LogP contribution in [-0.4, -0.2) is 16.7 Å². The second-order valence-corrected chi connectivity index (χ2v) is 6.81. The van der Waals surface area contributed by atoms with Crippen LogP contribution in [0.25, 0.3) is 0 Å². The molecule has 2 amide bonds. The van der Waals surface area contributed by atoms with Crippen molar-refractivity contribution >= 4 is 17.5 Å². The van der Waals surface area contributed by atoms with Gasteiger partial charge in [-0.15, -0.1) is 0 Å². The maximum Gasteiger partial charge on any atom is 0.270 e. The normalized spacial score (nSPS) is 11.7. The van der Waals surface area contributed by atoms with Crippen molar-refractivity contribution in [2.24, 2.45) is 5.92 Å². The molecule has 1 atom stereocenters. The molecule has 1 unspecified atom stereocenters. The quantitative estimate of drug-likeness (QED) is 0.602. The van der Waals surface area contributed by atoms with Gasteiger partial charge in [-0.2, -0.15) is 0 Å². The molecule has 0 saturated heterocycles. The first-order valence-electron chi connectivity index (χ1n) is 8.71. The molecule has 0 saturated carbocycles. The lowest BCUT2D eigenvalue weighted by Crippen LogP contribution is -2.43. The number of rotatable bonds is 6. The van der Waals surface area contributed by atoms with Gasteiger partial charge in [-0.1, -0.05) is 44.2 Å². The number of hydrogen-bond acceptors (Lipinski definition) is 4. The van der Waals surface area contributed by atoms with E-state index < -0.39 is 16.7 Å². The van der Waals surface area contributed by atoms with E-state index in [0.29, 0.717) is 5.92 Å². The number of amides is 2. The summed E-state index contributed by atoms with van der Waals surface area (Å²) in [5.41, 5.74) is 6.61. The highest BCUT2D eigenvalue weighted by Gasteiger charge is 2.17. The first-order valence-corrected chi connectivity index (χ1v) is 8.71. The molecule has 0 radical (unpaired) electrons. The van der Waals surface area contributed by atoms with Crippen LogP contribution in [0.1, 0.15) is 48.2 Å². The molecule has 2 N–H and O–H groups in total. The molecule has 2 aromatic carbocycles. The van der Waals surface area contributed by atoms with Crippen molar-refractivity contribution in [3.05, 3.63) is 75.3 Å². The summed E-state index contributed by atoms with van der Waals surface area (Å²) in [6.07, 6.45) is 0.972. The number of carbonyl (C=O) groups excluding carboxylic acids is 2. The van der Waals surface area contributed by atoms with E-state index >= 15 is 0 Å². The van der Waals surface area contributed by atoms with E-state index in [4.69, 9.17) is 0 Å². The van der Waals surface area contributed by atoms with Gasteiger partial charge in [0.05, 0.1) is 10.8 Å². The van der Waals surface area contributed by atoms with Crippen LogP contribution < -0.4 is 10.9 Å². The van der Waals surface area contributed by atoms with Gasteiger partial charge in [0.2, 0.25) is 5.91 Å². The van der Waals surface area contributed by atoms with E-state index in [1.807, 2.05) is 24.3 Å². The third-order valence-electron chi connectivity index (χ3n) is 4.14. The Bertz CT molecular complexity index is 831. The number of hydrogen-bond donors (Lipinski definition) is 2. The molecule has 2 rings (SSSR count). The van der Waals surface area contributed by atoms with Gasteiger partial charge in [0, 0.05) is 17.7 Å². The number of nitro groups is 1. The number of nitro benzene ring substituents is 1. The van der Waals surface area contributed by atoms with Gasteiger partial charge in [-0.05, 0) is 36.5 Å². The van der Waals surface area contributed by atoms with E-state index in [9.17, 15) is 19.7 Å². The van der Waals surface area contributed by atoms with Crippen molar-refractivity contribution in [1.29, 1.82) is 0 Å². The molecule has 0 bridgehead atoms. The number of non-ortho nitro benzene ring substituents is 1.